The fourth-order valence-corrected chi connectivity index (χ4v) is 2.60. The van der Waals surface area contributed by atoms with Gasteiger partial charge in [0.15, 0.2) is 0 Å². The number of benzene rings is 1. The van der Waals surface area contributed by atoms with E-state index in [9.17, 15) is 4.79 Å². The first kappa shape index (κ1) is 14.1. The van der Waals surface area contributed by atoms with Gasteiger partial charge in [-0.05, 0) is 23.1 Å². The number of aromatic amines is 1. The van der Waals surface area contributed by atoms with Gasteiger partial charge < -0.3 is 19.9 Å². The summed E-state index contributed by atoms with van der Waals surface area (Å²) in [6.07, 6.45) is 2.49. The number of hydrogen-bond acceptors (Lipinski definition) is 3. The maximum Gasteiger partial charge on any atom is 0.224 e. The van der Waals surface area contributed by atoms with E-state index in [1.54, 1.807) is 0 Å². The molecule has 2 heterocycles. The van der Waals surface area contributed by atoms with Gasteiger partial charge in [0.25, 0.3) is 0 Å². The van der Waals surface area contributed by atoms with Crippen LogP contribution in [0.1, 0.15) is 12.0 Å². The average molecular weight is 287 g/mol. The molecule has 1 amide bonds. The van der Waals surface area contributed by atoms with Crippen LogP contribution >= 0.6 is 0 Å². The van der Waals surface area contributed by atoms with Crippen LogP contribution < -0.4 is 5.32 Å². The smallest absolute Gasteiger partial charge is 0.224 e. The fraction of sp³-hybridized carbons (Fsp3) is 0.438. The molecule has 0 spiro atoms. The molecule has 0 radical (unpaired) electrons. The Kier molecular flexibility index (Phi) is 4.52. The number of carbonyl (C=O) groups is 1. The lowest BCUT2D eigenvalue weighted by Gasteiger charge is -2.26. The molecule has 3 rings (SSSR count). The van der Waals surface area contributed by atoms with Gasteiger partial charge in [0.1, 0.15) is 0 Å². The summed E-state index contributed by atoms with van der Waals surface area (Å²) in [4.78, 5) is 17.1. The molecule has 0 atom stereocenters. The lowest BCUT2D eigenvalue weighted by molar-refractivity contribution is -0.135. The zero-order valence-electron chi connectivity index (χ0n) is 12.1. The molecule has 1 saturated heterocycles. The number of H-pyrrole nitrogens is 1. The highest BCUT2D eigenvalue weighted by molar-refractivity contribution is 5.79. The maximum atomic E-state index is 12.0. The molecule has 2 N–H and O–H groups in total. The minimum absolute atomic E-state index is 0.214. The molecule has 2 aromatic rings. The third-order valence-corrected chi connectivity index (χ3v) is 3.83. The zero-order chi connectivity index (χ0) is 14.5. The molecule has 1 aliphatic rings. The molecular formula is C16H21N3O2. The van der Waals surface area contributed by atoms with Crippen LogP contribution in [0.4, 0.5) is 0 Å². The van der Waals surface area contributed by atoms with E-state index in [0.717, 1.165) is 25.2 Å². The van der Waals surface area contributed by atoms with Gasteiger partial charge in [-0.25, -0.2) is 0 Å². The summed E-state index contributed by atoms with van der Waals surface area (Å²) < 4.78 is 5.25. The number of carbonyl (C=O) groups excluding carboxylic acids is 1. The Labute approximate surface area is 124 Å². The van der Waals surface area contributed by atoms with E-state index in [2.05, 4.69) is 34.6 Å². The van der Waals surface area contributed by atoms with Crippen molar-refractivity contribution in [3.8, 4) is 0 Å². The summed E-state index contributed by atoms with van der Waals surface area (Å²) in [5.41, 5.74) is 2.38. The van der Waals surface area contributed by atoms with E-state index in [0.29, 0.717) is 26.2 Å². The molecule has 112 valence electrons. The van der Waals surface area contributed by atoms with Gasteiger partial charge in [-0.1, -0.05) is 12.1 Å². The molecule has 1 aromatic heterocycles. The predicted molar refractivity (Wildman–Crippen MR) is 82.0 cm³/mol. The fourth-order valence-electron chi connectivity index (χ4n) is 2.60. The first-order valence-electron chi connectivity index (χ1n) is 7.45. The van der Waals surface area contributed by atoms with Gasteiger partial charge in [0, 0.05) is 44.3 Å². The van der Waals surface area contributed by atoms with Crippen LogP contribution in [0.25, 0.3) is 10.9 Å². The first-order valence-corrected chi connectivity index (χ1v) is 7.45. The summed E-state index contributed by atoms with van der Waals surface area (Å²) in [5, 5.41) is 4.56. The molecule has 1 aromatic carbocycles. The molecular weight excluding hydrogens is 266 g/mol. The molecule has 1 aliphatic heterocycles. The Bertz CT molecular complexity index is 602. The standard InChI is InChI=1S/C16H21N3O2/c20-16(19-7-9-21-10-8-19)4-5-17-12-13-1-2-14-3-6-18-15(14)11-13/h1-3,6,11,17-18H,4-5,7-10,12H2. The van der Waals surface area contributed by atoms with Crippen molar-refractivity contribution in [3.63, 3.8) is 0 Å². The van der Waals surface area contributed by atoms with Gasteiger partial charge >= 0.3 is 0 Å². The number of nitrogens with one attached hydrogen (secondary N) is 2. The molecule has 0 saturated carbocycles. The minimum atomic E-state index is 0.214. The van der Waals surface area contributed by atoms with E-state index >= 15 is 0 Å². The quantitative estimate of drug-likeness (QED) is 0.820. The number of rotatable bonds is 5. The second-order valence-electron chi connectivity index (χ2n) is 5.32. The van der Waals surface area contributed by atoms with E-state index in [1.807, 2.05) is 11.1 Å². The van der Waals surface area contributed by atoms with Crippen molar-refractivity contribution in [1.82, 2.24) is 15.2 Å². The average Bonchev–Trinajstić information content (AvgIpc) is 3.00. The van der Waals surface area contributed by atoms with E-state index < -0.39 is 0 Å². The molecule has 0 bridgehead atoms. The lowest BCUT2D eigenvalue weighted by atomic mass is 10.1. The normalized spacial score (nSPS) is 15.5. The van der Waals surface area contributed by atoms with Crippen LogP contribution in [-0.4, -0.2) is 48.6 Å². The Morgan fingerprint density at radius 3 is 3.00 bits per heavy atom. The Morgan fingerprint density at radius 1 is 1.29 bits per heavy atom. The number of hydrogen-bond donors (Lipinski definition) is 2. The Balaban J connectivity index is 1.42. The van der Waals surface area contributed by atoms with Crippen molar-refractivity contribution in [2.75, 3.05) is 32.8 Å². The van der Waals surface area contributed by atoms with Crippen LogP contribution in [0.2, 0.25) is 0 Å². The van der Waals surface area contributed by atoms with Crippen molar-refractivity contribution in [1.29, 1.82) is 0 Å². The number of amides is 1. The lowest BCUT2D eigenvalue weighted by Crippen LogP contribution is -2.41. The summed E-state index contributed by atoms with van der Waals surface area (Å²) in [5.74, 6) is 0.214. The Morgan fingerprint density at radius 2 is 2.14 bits per heavy atom. The summed E-state index contributed by atoms with van der Waals surface area (Å²) in [6.45, 7) is 4.26. The number of nitrogens with zero attached hydrogens (tertiary/aromatic N) is 1. The molecule has 1 fully saturated rings. The van der Waals surface area contributed by atoms with Gasteiger partial charge in [0.2, 0.25) is 5.91 Å². The van der Waals surface area contributed by atoms with Crippen LogP contribution in [0.3, 0.4) is 0 Å². The van der Waals surface area contributed by atoms with E-state index in [-0.39, 0.29) is 5.91 Å². The SMILES string of the molecule is O=C(CCNCc1ccc2cc[nH]c2c1)N1CCOCC1. The van der Waals surface area contributed by atoms with Gasteiger partial charge in [-0.15, -0.1) is 0 Å². The zero-order valence-corrected chi connectivity index (χ0v) is 12.1. The summed E-state index contributed by atoms with van der Waals surface area (Å²) in [6, 6.07) is 8.44. The van der Waals surface area contributed by atoms with Gasteiger partial charge in [-0.3, -0.25) is 4.79 Å². The monoisotopic (exact) mass is 287 g/mol. The van der Waals surface area contributed by atoms with Crippen molar-refractivity contribution in [2.45, 2.75) is 13.0 Å². The molecule has 0 aliphatic carbocycles. The van der Waals surface area contributed by atoms with E-state index in [4.69, 9.17) is 4.74 Å². The molecule has 0 unspecified atom stereocenters. The number of ether oxygens (including phenoxy) is 1. The van der Waals surface area contributed by atoms with Gasteiger partial charge in [0.05, 0.1) is 13.2 Å². The van der Waals surface area contributed by atoms with Crippen molar-refractivity contribution < 1.29 is 9.53 Å². The highest BCUT2D eigenvalue weighted by Gasteiger charge is 2.15. The summed E-state index contributed by atoms with van der Waals surface area (Å²) in [7, 11) is 0. The maximum absolute atomic E-state index is 12.0. The molecule has 21 heavy (non-hydrogen) atoms. The summed E-state index contributed by atoms with van der Waals surface area (Å²) >= 11 is 0. The van der Waals surface area contributed by atoms with Crippen molar-refractivity contribution >= 4 is 16.8 Å². The third kappa shape index (κ3) is 3.62. The topological polar surface area (TPSA) is 57.4 Å². The van der Waals surface area contributed by atoms with Crippen LogP contribution in [0.15, 0.2) is 30.5 Å². The number of aromatic nitrogens is 1. The number of morpholine rings is 1. The largest absolute Gasteiger partial charge is 0.378 e. The second kappa shape index (κ2) is 6.74. The van der Waals surface area contributed by atoms with Crippen molar-refractivity contribution in [2.24, 2.45) is 0 Å². The third-order valence-electron chi connectivity index (χ3n) is 3.83. The first-order chi connectivity index (χ1) is 10.3. The van der Waals surface area contributed by atoms with Crippen molar-refractivity contribution in [3.05, 3.63) is 36.0 Å². The van der Waals surface area contributed by atoms with Gasteiger partial charge in [-0.2, -0.15) is 0 Å². The minimum Gasteiger partial charge on any atom is -0.378 e. The van der Waals surface area contributed by atoms with Crippen LogP contribution in [-0.2, 0) is 16.1 Å². The second-order valence-corrected chi connectivity index (χ2v) is 5.32. The molecule has 5 nitrogen and oxygen atoms in total. The highest BCUT2D eigenvalue weighted by atomic mass is 16.5. The van der Waals surface area contributed by atoms with Crippen LogP contribution in [0.5, 0.6) is 0 Å². The highest BCUT2D eigenvalue weighted by Crippen LogP contribution is 2.13. The molecule has 5 heteroatoms. The number of fused-ring (bicyclic) bond motifs is 1. The Hall–Kier alpha value is -1.85. The van der Waals surface area contributed by atoms with Crippen LogP contribution in [0, 0.1) is 0 Å². The van der Waals surface area contributed by atoms with E-state index in [1.165, 1.54) is 10.9 Å². The predicted octanol–water partition coefficient (Wildman–Crippen LogP) is 1.51.